The Bertz CT molecular complexity index is 612. The van der Waals surface area contributed by atoms with E-state index >= 15 is 0 Å². The fraction of sp³-hybridized carbons (Fsp3) is 0. The third-order valence-electron chi connectivity index (χ3n) is 2.42. The van der Waals surface area contributed by atoms with Gasteiger partial charge in [0.1, 0.15) is 5.75 Å². The van der Waals surface area contributed by atoms with Crippen LogP contribution in [0.1, 0.15) is 15.9 Å². The van der Waals surface area contributed by atoms with Crippen molar-refractivity contribution in [3.8, 4) is 11.8 Å². The maximum Gasteiger partial charge on any atom is 0.259 e. The van der Waals surface area contributed by atoms with Crippen LogP contribution in [-0.2, 0) is 0 Å². The van der Waals surface area contributed by atoms with Gasteiger partial charge in [-0.1, -0.05) is 12.1 Å². The van der Waals surface area contributed by atoms with E-state index in [0.29, 0.717) is 11.3 Å². The lowest BCUT2D eigenvalue weighted by Gasteiger charge is -2.06. The van der Waals surface area contributed by atoms with E-state index < -0.39 is 5.91 Å². The van der Waals surface area contributed by atoms with Gasteiger partial charge in [-0.3, -0.25) is 4.79 Å². The molecule has 0 aliphatic carbocycles. The largest absolute Gasteiger partial charge is 0.507 e. The van der Waals surface area contributed by atoms with Gasteiger partial charge in [0.2, 0.25) is 0 Å². The van der Waals surface area contributed by atoms with E-state index in [1.54, 1.807) is 36.4 Å². The predicted molar refractivity (Wildman–Crippen MR) is 67.2 cm³/mol. The van der Waals surface area contributed by atoms with Gasteiger partial charge in [-0.15, -0.1) is 0 Å². The summed E-state index contributed by atoms with van der Waals surface area (Å²) in [6, 6.07) is 14.8. The van der Waals surface area contributed by atoms with Gasteiger partial charge in [0, 0.05) is 5.69 Å². The molecule has 2 N–H and O–H groups in total. The molecule has 18 heavy (non-hydrogen) atoms. The van der Waals surface area contributed by atoms with Gasteiger partial charge >= 0.3 is 0 Å². The molecule has 4 heteroatoms. The monoisotopic (exact) mass is 238 g/mol. The zero-order valence-electron chi connectivity index (χ0n) is 9.42. The smallest absolute Gasteiger partial charge is 0.259 e. The molecular weight excluding hydrogens is 228 g/mol. The highest BCUT2D eigenvalue weighted by atomic mass is 16.3. The van der Waals surface area contributed by atoms with Crippen molar-refractivity contribution < 1.29 is 9.90 Å². The minimum absolute atomic E-state index is 0.0661. The van der Waals surface area contributed by atoms with Gasteiger partial charge in [-0.25, -0.2) is 0 Å². The van der Waals surface area contributed by atoms with Crippen LogP contribution in [0.4, 0.5) is 5.69 Å². The fourth-order valence-electron chi connectivity index (χ4n) is 1.49. The van der Waals surface area contributed by atoms with E-state index in [-0.39, 0.29) is 11.3 Å². The molecule has 0 atom stereocenters. The Morgan fingerprint density at radius 2 is 1.78 bits per heavy atom. The van der Waals surface area contributed by atoms with Crippen molar-refractivity contribution in [2.75, 3.05) is 5.32 Å². The topological polar surface area (TPSA) is 73.1 Å². The number of para-hydroxylation sites is 1. The zero-order chi connectivity index (χ0) is 13.0. The van der Waals surface area contributed by atoms with E-state index in [1.807, 2.05) is 6.07 Å². The average Bonchev–Trinajstić information content (AvgIpc) is 2.40. The number of nitrogens with one attached hydrogen (secondary N) is 1. The molecule has 0 heterocycles. The third kappa shape index (κ3) is 2.47. The number of benzene rings is 2. The molecule has 0 aromatic heterocycles. The van der Waals surface area contributed by atoms with Gasteiger partial charge in [0.25, 0.3) is 5.91 Å². The van der Waals surface area contributed by atoms with E-state index in [4.69, 9.17) is 5.26 Å². The minimum Gasteiger partial charge on any atom is -0.507 e. The number of amides is 1. The van der Waals surface area contributed by atoms with Gasteiger partial charge in [0.05, 0.1) is 17.2 Å². The van der Waals surface area contributed by atoms with Crippen LogP contribution in [0.2, 0.25) is 0 Å². The van der Waals surface area contributed by atoms with E-state index in [2.05, 4.69) is 5.32 Å². The highest BCUT2D eigenvalue weighted by Gasteiger charge is 2.09. The Hall–Kier alpha value is -2.80. The van der Waals surface area contributed by atoms with Crippen LogP contribution in [0, 0.1) is 11.3 Å². The second-order valence-corrected chi connectivity index (χ2v) is 3.66. The lowest BCUT2D eigenvalue weighted by Crippen LogP contribution is -2.11. The molecule has 0 aliphatic heterocycles. The molecule has 0 fully saturated rings. The van der Waals surface area contributed by atoms with Gasteiger partial charge in [-0.05, 0) is 36.4 Å². The predicted octanol–water partition coefficient (Wildman–Crippen LogP) is 2.52. The molecule has 0 saturated heterocycles. The first-order chi connectivity index (χ1) is 8.70. The highest BCUT2D eigenvalue weighted by molar-refractivity contribution is 6.06. The van der Waals surface area contributed by atoms with Crippen molar-refractivity contribution in [2.24, 2.45) is 0 Å². The van der Waals surface area contributed by atoms with Crippen molar-refractivity contribution in [2.45, 2.75) is 0 Å². The summed E-state index contributed by atoms with van der Waals surface area (Å²) in [7, 11) is 0. The van der Waals surface area contributed by atoms with Crippen molar-refractivity contribution >= 4 is 11.6 Å². The lowest BCUT2D eigenvalue weighted by molar-refractivity contribution is 0.102. The van der Waals surface area contributed by atoms with Crippen molar-refractivity contribution in [3.05, 3.63) is 59.7 Å². The molecule has 2 rings (SSSR count). The number of rotatable bonds is 2. The highest BCUT2D eigenvalue weighted by Crippen LogP contribution is 2.17. The Balaban J connectivity index is 2.17. The number of phenols is 1. The summed E-state index contributed by atoms with van der Waals surface area (Å²) in [5.74, 6) is -0.457. The SMILES string of the molecule is N#Cc1ccc(NC(=O)c2ccccc2O)cc1. The Kier molecular flexibility index (Phi) is 3.26. The minimum atomic E-state index is -0.391. The first-order valence-corrected chi connectivity index (χ1v) is 5.30. The number of phenolic OH excluding ortho intramolecular Hbond substituents is 1. The molecule has 88 valence electrons. The molecule has 0 saturated carbocycles. The Labute approximate surface area is 104 Å². The zero-order valence-corrected chi connectivity index (χ0v) is 9.42. The molecule has 2 aromatic carbocycles. The van der Waals surface area contributed by atoms with Gasteiger partial charge in [0.15, 0.2) is 0 Å². The van der Waals surface area contributed by atoms with Crippen molar-refractivity contribution in [1.29, 1.82) is 5.26 Å². The second kappa shape index (κ2) is 5.02. The molecule has 2 aromatic rings. The molecular formula is C14H10N2O2. The van der Waals surface area contributed by atoms with E-state index in [9.17, 15) is 9.90 Å². The molecule has 0 aliphatic rings. The number of anilines is 1. The fourth-order valence-corrected chi connectivity index (χ4v) is 1.49. The lowest BCUT2D eigenvalue weighted by atomic mass is 10.1. The number of hydrogen-bond donors (Lipinski definition) is 2. The maximum absolute atomic E-state index is 11.9. The first kappa shape index (κ1) is 11.7. The first-order valence-electron chi connectivity index (χ1n) is 5.30. The summed E-state index contributed by atoms with van der Waals surface area (Å²) < 4.78 is 0. The molecule has 0 radical (unpaired) electrons. The summed E-state index contributed by atoms with van der Waals surface area (Å²) in [5.41, 5.74) is 1.31. The number of nitriles is 1. The number of carbonyl (C=O) groups excluding carboxylic acids is 1. The van der Waals surface area contributed by atoms with Crippen LogP contribution >= 0.6 is 0 Å². The van der Waals surface area contributed by atoms with Gasteiger partial charge in [-0.2, -0.15) is 5.26 Å². The Morgan fingerprint density at radius 1 is 1.11 bits per heavy atom. The number of aromatic hydroxyl groups is 1. The standard InChI is InChI=1S/C14H10N2O2/c15-9-10-5-7-11(8-6-10)16-14(18)12-3-1-2-4-13(12)17/h1-8,17H,(H,16,18). The molecule has 4 nitrogen and oxygen atoms in total. The number of nitrogens with zero attached hydrogens (tertiary/aromatic N) is 1. The molecule has 1 amide bonds. The maximum atomic E-state index is 11.9. The molecule has 0 spiro atoms. The Morgan fingerprint density at radius 3 is 2.39 bits per heavy atom. The van der Waals surface area contributed by atoms with Crippen LogP contribution in [0.15, 0.2) is 48.5 Å². The van der Waals surface area contributed by atoms with Crippen LogP contribution < -0.4 is 5.32 Å². The van der Waals surface area contributed by atoms with Crippen LogP contribution in [-0.4, -0.2) is 11.0 Å². The van der Waals surface area contributed by atoms with Crippen LogP contribution in [0.5, 0.6) is 5.75 Å². The molecule has 0 bridgehead atoms. The summed E-state index contributed by atoms with van der Waals surface area (Å²) in [5, 5.41) is 20.8. The number of hydrogen-bond acceptors (Lipinski definition) is 3. The van der Waals surface area contributed by atoms with E-state index in [1.165, 1.54) is 12.1 Å². The normalized spacial score (nSPS) is 9.50. The summed E-state index contributed by atoms with van der Waals surface area (Å²) in [6.07, 6.45) is 0. The third-order valence-corrected chi connectivity index (χ3v) is 2.42. The second-order valence-electron chi connectivity index (χ2n) is 3.66. The van der Waals surface area contributed by atoms with Crippen LogP contribution in [0.3, 0.4) is 0 Å². The molecule has 0 unspecified atom stereocenters. The van der Waals surface area contributed by atoms with Crippen LogP contribution in [0.25, 0.3) is 0 Å². The average molecular weight is 238 g/mol. The van der Waals surface area contributed by atoms with Crippen molar-refractivity contribution in [3.63, 3.8) is 0 Å². The van der Waals surface area contributed by atoms with Crippen molar-refractivity contribution in [1.82, 2.24) is 0 Å². The number of carbonyl (C=O) groups is 1. The quantitative estimate of drug-likeness (QED) is 0.844. The summed E-state index contributed by atoms with van der Waals surface area (Å²) in [4.78, 5) is 11.9. The van der Waals surface area contributed by atoms with Gasteiger partial charge < -0.3 is 10.4 Å². The van der Waals surface area contributed by atoms with E-state index in [0.717, 1.165) is 0 Å². The summed E-state index contributed by atoms with van der Waals surface area (Å²) in [6.45, 7) is 0. The summed E-state index contributed by atoms with van der Waals surface area (Å²) >= 11 is 0.